The molecule has 0 atom stereocenters. The molecule has 0 aromatic heterocycles. The van der Waals surface area contributed by atoms with Gasteiger partial charge in [-0.1, -0.05) is 0 Å². The largest absolute Gasteiger partial charge is 0.497 e. The van der Waals surface area contributed by atoms with Crippen LogP contribution in [0, 0.1) is 0 Å². The van der Waals surface area contributed by atoms with Crippen LogP contribution in [0.1, 0.15) is 22.8 Å². The van der Waals surface area contributed by atoms with Crippen LogP contribution in [0.25, 0.3) is 0 Å². The molecule has 9 heteroatoms. The summed E-state index contributed by atoms with van der Waals surface area (Å²) >= 11 is 0. The van der Waals surface area contributed by atoms with Crippen LogP contribution < -0.4 is 29.1 Å². The Morgan fingerprint density at radius 3 is 2.14 bits per heavy atom. The predicted molar refractivity (Wildman–Crippen MR) is 130 cm³/mol. The number of hydrogen-bond acceptors (Lipinski definition) is 8. The molecule has 3 aromatic rings. The molecule has 3 rings (SSSR count). The van der Waals surface area contributed by atoms with Crippen molar-refractivity contribution in [1.82, 2.24) is 5.43 Å². The number of carbonyl (C=O) groups excluding carboxylic acids is 2. The molecule has 3 aromatic carbocycles. The number of rotatable bonds is 11. The fourth-order valence-electron chi connectivity index (χ4n) is 2.89. The maximum Gasteiger partial charge on any atom is 0.343 e. The van der Waals surface area contributed by atoms with Crippen LogP contribution in [-0.4, -0.2) is 45.5 Å². The SMILES string of the molecule is CCOc1ccc(C(=O)Oc2ccc(C=NNC(=O)COc3ccc(OC)cc3)cc2OC)cc1. The first-order chi connectivity index (χ1) is 17.0. The summed E-state index contributed by atoms with van der Waals surface area (Å²) in [6.45, 7) is 2.22. The average Bonchev–Trinajstić information content (AvgIpc) is 2.89. The number of hydrazone groups is 1. The molecule has 1 amide bonds. The summed E-state index contributed by atoms with van der Waals surface area (Å²) in [7, 11) is 3.03. The molecule has 0 aliphatic heterocycles. The Labute approximate surface area is 203 Å². The zero-order valence-corrected chi connectivity index (χ0v) is 19.6. The van der Waals surface area contributed by atoms with Crippen LogP contribution in [0.4, 0.5) is 0 Å². The van der Waals surface area contributed by atoms with E-state index >= 15 is 0 Å². The molecular formula is C26H26N2O7. The van der Waals surface area contributed by atoms with Crippen LogP contribution in [0.5, 0.6) is 28.7 Å². The van der Waals surface area contributed by atoms with Crippen LogP contribution in [0.3, 0.4) is 0 Å². The van der Waals surface area contributed by atoms with Crippen molar-refractivity contribution in [1.29, 1.82) is 0 Å². The van der Waals surface area contributed by atoms with E-state index in [0.29, 0.717) is 40.7 Å². The Morgan fingerprint density at radius 2 is 1.49 bits per heavy atom. The lowest BCUT2D eigenvalue weighted by Crippen LogP contribution is -2.24. The van der Waals surface area contributed by atoms with E-state index in [1.54, 1.807) is 73.8 Å². The van der Waals surface area contributed by atoms with E-state index in [4.69, 9.17) is 23.7 Å². The number of nitrogens with one attached hydrogen (secondary N) is 1. The van der Waals surface area contributed by atoms with Gasteiger partial charge < -0.3 is 23.7 Å². The van der Waals surface area contributed by atoms with E-state index in [9.17, 15) is 9.59 Å². The number of carbonyl (C=O) groups is 2. The fourth-order valence-corrected chi connectivity index (χ4v) is 2.89. The summed E-state index contributed by atoms with van der Waals surface area (Å²) in [6.07, 6.45) is 1.44. The van der Waals surface area contributed by atoms with Crippen molar-refractivity contribution in [3.8, 4) is 28.7 Å². The highest BCUT2D eigenvalue weighted by Crippen LogP contribution is 2.28. The van der Waals surface area contributed by atoms with Crippen molar-refractivity contribution >= 4 is 18.1 Å². The normalized spacial score (nSPS) is 10.5. The van der Waals surface area contributed by atoms with Crippen LogP contribution in [-0.2, 0) is 4.79 Å². The number of benzene rings is 3. The predicted octanol–water partition coefficient (Wildman–Crippen LogP) is 3.85. The molecule has 0 saturated carbocycles. The summed E-state index contributed by atoms with van der Waals surface area (Å²) in [5, 5.41) is 3.92. The maximum atomic E-state index is 12.5. The average molecular weight is 479 g/mol. The van der Waals surface area contributed by atoms with Crippen molar-refractivity contribution in [2.75, 3.05) is 27.4 Å². The van der Waals surface area contributed by atoms with Crippen molar-refractivity contribution in [2.24, 2.45) is 5.10 Å². The lowest BCUT2D eigenvalue weighted by atomic mass is 10.2. The van der Waals surface area contributed by atoms with Gasteiger partial charge in [0.05, 0.1) is 32.6 Å². The molecule has 35 heavy (non-hydrogen) atoms. The van der Waals surface area contributed by atoms with Gasteiger partial charge in [0.1, 0.15) is 17.2 Å². The Kier molecular flexibility index (Phi) is 9.07. The van der Waals surface area contributed by atoms with Crippen molar-refractivity contribution < 1.29 is 33.3 Å². The molecule has 0 saturated heterocycles. The van der Waals surface area contributed by atoms with Gasteiger partial charge in [-0.15, -0.1) is 0 Å². The molecule has 0 aliphatic carbocycles. The highest BCUT2D eigenvalue weighted by Gasteiger charge is 2.13. The van der Waals surface area contributed by atoms with E-state index < -0.39 is 11.9 Å². The quantitative estimate of drug-likeness (QED) is 0.193. The third-order valence-electron chi connectivity index (χ3n) is 4.62. The Balaban J connectivity index is 1.53. The van der Waals surface area contributed by atoms with Crippen LogP contribution in [0.2, 0.25) is 0 Å². The van der Waals surface area contributed by atoms with Crippen LogP contribution in [0.15, 0.2) is 71.8 Å². The van der Waals surface area contributed by atoms with Gasteiger partial charge in [-0.3, -0.25) is 4.79 Å². The van der Waals surface area contributed by atoms with Crippen LogP contribution >= 0.6 is 0 Å². The molecule has 0 bridgehead atoms. The molecule has 182 valence electrons. The Morgan fingerprint density at radius 1 is 0.829 bits per heavy atom. The summed E-state index contributed by atoms with van der Waals surface area (Å²) in [5.74, 6) is 1.53. The molecule has 0 aliphatic rings. The Hall–Kier alpha value is -4.53. The van der Waals surface area contributed by atoms with E-state index in [2.05, 4.69) is 10.5 Å². The van der Waals surface area contributed by atoms with Gasteiger partial charge >= 0.3 is 5.97 Å². The van der Waals surface area contributed by atoms with E-state index in [1.165, 1.54) is 13.3 Å². The third-order valence-corrected chi connectivity index (χ3v) is 4.62. The minimum atomic E-state index is -0.531. The van der Waals surface area contributed by atoms with Crippen molar-refractivity contribution in [3.63, 3.8) is 0 Å². The van der Waals surface area contributed by atoms with Gasteiger partial charge in [-0.05, 0) is 79.2 Å². The molecule has 0 unspecified atom stereocenters. The highest BCUT2D eigenvalue weighted by atomic mass is 16.6. The minimum absolute atomic E-state index is 0.201. The van der Waals surface area contributed by atoms with Gasteiger partial charge in [0.15, 0.2) is 18.1 Å². The maximum absolute atomic E-state index is 12.5. The van der Waals surface area contributed by atoms with E-state index in [0.717, 1.165) is 0 Å². The summed E-state index contributed by atoms with van der Waals surface area (Å²) in [4.78, 5) is 24.4. The van der Waals surface area contributed by atoms with Crippen molar-refractivity contribution in [2.45, 2.75) is 6.92 Å². The zero-order chi connectivity index (χ0) is 25.0. The number of nitrogens with zero attached hydrogens (tertiary/aromatic N) is 1. The summed E-state index contributed by atoms with van der Waals surface area (Å²) in [5.41, 5.74) is 3.39. The lowest BCUT2D eigenvalue weighted by molar-refractivity contribution is -0.123. The van der Waals surface area contributed by atoms with Gasteiger partial charge in [0.2, 0.25) is 0 Å². The highest BCUT2D eigenvalue weighted by molar-refractivity contribution is 5.92. The first-order valence-corrected chi connectivity index (χ1v) is 10.7. The molecule has 0 radical (unpaired) electrons. The monoisotopic (exact) mass is 478 g/mol. The first-order valence-electron chi connectivity index (χ1n) is 10.7. The zero-order valence-electron chi connectivity index (χ0n) is 19.6. The lowest BCUT2D eigenvalue weighted by Gasteiger charge is -2.10. The number of methoxy groups -OCH3 is 2. The van der Waals surface area contributed by atoms with Gasteiger partial charge in [0.25, 0.3) is 5.91 Å². The smallest absolute Gasteiger partial charge is 0.343 e. The van der Waals surface area contributed by atoms with Crippen molar-refractivity contribution in [3.05, 3.63) is 77.9 Å². The Bertz CT molecular complexity index is 1160. The fraction of sp³-hybridized carbons (Fsp3) is 0.192. The molecule has 0 heterocycles. The number of ether oxygens (including phenoxy) is 5. The second-order valence-corrected chi connectivity index (χ2v) is 7.01. The summed E-state index contributed by atoms with van der Waals surface area (Å²) in [6, 6.07) is 18.4. The number of hydrogen-bond donors (Lipinski definition) is 1. The molecule has 1 N–H and O–H groups in total. The first kappa shape index (κ1) is 25.1. The number of esters is 1. The molecular weight excluding hydrogens is 452 g/mol. The number of amides is 1. The topological polar surface area (TPSA) is 105 Å². The second-order valence-electron chi connectivity index (χ2n) is 7.01. The van der Waals surface area contributed by atoms with E-state index in [1.807, 2.05) is 6.92 Å². The summed E-state index contributed by atoms with van der Waals surface area (Å²) < 4.78 is 26.6. The van der Waals surface area contributed by atoms with Gasteiger partial charge in [-0.2, -0.15) is 5.10 Å². The third kappa shape index (κ3) is 7.50. The standard InChI is InChI=1S/C26H26N2O7/c1-4-33-21-8-6-19(7-9-21)26(30)35-23-14-5-18(15-24(23)32-3)16-27-28-25(29)17-34-22-12-10-20(31-2)11-13-22/h5-16H,4,17H2,1-3H3,(H,28,29). The van der Waals surface area contributed by atoms with E-state index in [-0.39, 0.29) is 12.4 Å². The minimum Gasteiger partial charge on any atom is -0.497 e. The van der Waals surface area contributed by atoms with Gasteiger partial charge in [0, 0.05) is 0 Å². The van der Waals surface area contributed by atoms with Gasteiger partial charge in [-0.25, -0.2) is 10.2 Å². The second kappa shape index (κ2) is 12.6. The molecule has 0 spiro atoms. The molecule has 9 nitrogen and oxygen atoms in total. The molecule has 0 fully saturated rings.